The number of benzene rings is 1. The van der Waals surface area contributed by atoms with E-state index < -0.39 is 11.9 Å². The van der Waals surface area contributed by atoms with Gasteiger partial charge in [-0.3, -0.25) is 5.32 Å². The van der Waals surface area contributed by atoms with Crippen LogP contribution in [0.25, 0.3) is 21.8 Å². The summed E-state index contributed by atoms with van der Waals surface area (Å²) in [7, 11) is 0. The van der Waals surface area contributed by atoms with Gasteiger partial charge in [0.15, 0.2) is 0 Å². The highest BCUT2D eigenvalue weighted by Gasteiger charge is 2.19. The molecule has 0 aliphatic rings. The van der Waals surface area contributed by atoms with Crippen LogP contribution >= 0.6 is 22.9 Å². The van der Waals surface area contributed by atoms with Crippen molar-refractivity contribution in [1.29, 1.82) is 0 Å². The lowest BCUT2D eigenvalue weighted by Gasteiger charge is -2.09. The van der Waals surface area contributed by atoms with E-state index in [1.165, 1.54) is 29.5 Å². The number of hydrogen-bond acceptors (Lipinski definition) is 6. The summed E-state index contributed by atoms with van der Waals surface area (Å²) in [6.45, 7) is 7.56. The minimum absolute atomic E-state index is 0.0117. The van der Waals surface area contributed by atoms with Crippen molar-refractivity contribution in [1.82, 2.24) is 15.0 Å². The van der Waals surface area contributed by atoms with E-state index in [1.807, 2.05) is 13.8 Å². The minimum Gasteiger partial charge on any atom is -0.445 e. The number of halogens is 2. The molecular weight excluding hydrogens is 415 g/mol. The van der Waals surface area contributed by atoms with Crippen molar-refractivity contribution in [3.05, 3.63) is 59.2 Å². The Bertz CT molecular complexity index is 1050. The molecule has 0 unspecified atom stereocenters. The van der Waals surface area contributed by atoms with Crippen LogP contribution in [0.4, 0.5) is 14.9 Å². The zero-order valence-electron chi connectivity index (χ0n) is 15.8. The van der Waals surface area contributed by atoms with Crippen molar-refractivity contribution in [3.8, 4) is 21.8 Å². The number of carbonyl (C=O) groups is 1. The molecule has 2 heterocycles. The predicted molar refractivity (Wildman–Crippen MR) is 113 cm³/mol. The highest BCUT2D eigenvalue weighted by molar-refractivity contribution is 7.15. The smallest absolute Gasteiger partial charge is 0.412 e. The first-order chi connectivity index (χ1) is 13.9. The van der Waals surface area contributed by atoms with Crippen molar-refractivity contribution in [2.75, 3.05) is 11.9 Å². The molecule has 2 aromatic heterocycles. The first-order valence-corrected chi connectivity index (χ1v) is 9.92. The molecule has 1 amide bonds. The normalized spacial score (nSPS) is 10.8. The Kier molecular flexibility index (Phi) is 6.56. The Morgan fingerprint density at radius 1 is 1.38 bits per heavy atom. The van der Waals surface area contributed by atoms with Gasteiger partial charge >= 0.3 is 6.09 Å². The number of aromatic nitrogens is 3. The molecule has 3 rings (SSSR count). The van der Waals surface area contributed by atoms with Gasteiger partial charge in [-0.2, -0.15) is 0 Å². The van der Waals surface area contributed by atoms with Crippen LogP contribution in [0.2, 0.25) is 5.28 Å². The van der Waals surface area contributed by atoms with Crippen LogP contribution in [0.15, 0.2) is 43.1 Å². The first-order valence-electron chi connectivity index (χ1n) is 8.73. The number of nitrogens with zero attached hydrogens (tertiary/aromatic N) is 3. The topological polar surface area (TPSA) is 77.0 Å². The SMILES string of the molecule is C=CCOC(=O)Nc1cc(-c2nc(C(C)C)sc2-c2ccnc(Cl)n2)ccc1F. The fraction of sp³-hybridized carbons (Fsp3) is 0.200. The zero-order chi connectivity index (χ0) is 21.0. The molecule has 0 saturated heterocycles. The van der Waals surface area contributed by atoms with Gasteiger partial charge in [-0.1, -0.05) is 26.5 Å². The third-order valence-electron chi connectivity index (χ3n) is 3.81. The van der Waals surface area contributed by atoms with Crippen LogP contribution in [0, 0.1) is 5.82 Å². The van der Waals surface area contributed by atoms with Crippen molar-refractivity contribution in [2.24, 2.45) is 0 Å². The van der Waals surface area contributed by atoms with E-state index in [0.29, 0.717) is 17.0 Å². The van der Waals surface area contributed by atoms with Gasteiger partial charge in [-0.05, 0) is 35.9 Å². The van der Waals surface area contributed by atoms with E-state index in [0.717, 1.165) is 9.88 Å². The zero-order valence-corrected chi connectivity index (χ0v) is 17.4. The number of carbonyl (C=O) groups excluding carboxylic acids is 1. The molecule has 150 valence electrons. The van der Waals surface area contributed by atoms with Crippen LogP contribution < -0.4 is 5.32 Å². The molecule has 0 radical (unpaired) electrons. The lowest BCUT2D eigenvalue weighted by molar-refractivity contribution is 0.174. The Morgan fingerprint density at radius 3 is 2.86 bits per heavy atom. The summed E-state index contributed by atoms with van der Waals surface area (Å²) in [5.41, 5.74) is 1.85. The summed E-state index contributed by atoms with van der Waals surface area (Å²) in [6, 6.07) is 6.11. The van der Waals surface area contributed by atoms with Crippen molar-refractivity contribution in [3.63, 3.8) is 0 Å². The van der Waals surface area contributed by atoms with Gasteiger partial charge in [0.2, 0.25) is 5.28 Å². The van der Waals surface area contributed by atoms with Gasteiger partial charge in [0.05, 0.1) is 27.0 Å². The number of rotatable bonds is 6. The average Bonchev–Trinajstić information content (AvgIpc) is 3.14. The Hall–Kier alpha value is -2.84. The van der Waals surface area contributed by atoms with Gasteiger partial charge in [-0.25, -0.2) is 24.1 Å². The van der Waals surface area contributed by atoms with E-state index in [4.69, 9.17) is 21.3 Å². The third-order valence-corrected chi connectivity index (χ3v) is 5.37. The van der Waals surface area contributed by atoms with Crippen LogP contribution in [0.3, 0.4) is 0 Å². The lowest BCUT2D eigenvalue weighted by Crippen LogP contribution is -2.14. The average molecular weight is 433 g/mol. The summed E-state index contributed by atoms with van der Waals surface area (Å²) in [5, 5.41) is 3.42. The first kappa shape index (κ1) is 20.9. The Labute approximate surface area is 176 Å². The quantitative estimate of drug-likeness (QED) is 0.386. The summed E-state index contributed by atoms with van der Waals surface area (Å²) in [6.07, 6.45) is 2.22. The molecule has 1 N–H and O–H groups in total. The van der Waals surface area contributed by atoms with Gasteiger partial charge in [0, 0.05) is 17.7 Å². The maximum Gasteiger partial charge on any atom is 0.412 e. The van der Waals surface area contributed by atoms with Crippen molar-refractivity contribution < 1.29 is 13.9 Å². The van der Waals surface area contributed by atoms with Gasteiger partial charge in [0.1, 0.15) is 12.4 Å². The summed E-state index contributed by atoms with van der Waals surface area (Å²) >= 11 is 7.43. The standard InChI is InChI=1S/C20H18ClFN4O2S/c1-4-9-28-20(27)25-15-10-12(5-6-13(15)22)16-17(29-18(26-16)11(2)3)14-7-8-23-19(21)24-14/h4-8,10-11H,1,9H2,2-3H3,(H,25,27). The second-order valence-electron chi connectivity index (χ2n) is 6.30. The van der Waals surface area contributed by atoms with E-state index in [2.05, 4.69) is 21.9 Å². The van der Waals surface area contributed by atoms with Crippen molar-refractivity contribution in [2.45, 2.75) is 19.8 Å². The van der Waals surface area contributed by atoms with Crippen LogP contribution in [-0.2, 0) is 4.74 Å². The molecule has 9 heteroatoms. The molecule has 0 saturated carbocycles. The number of nitrogens with one attached hydrogen (secondary N) is 1. The number of thiazole rings is 1. The molecule has 6 nitrogen and oxygen atoms in total. The maximum absolute atomic E-state index is 14.2. The predicted octanol–water partition coefficient (Wildman–Crippen LogP) is 5.92. The molecule has 29 heavy (non-hydrogen) atoms. The van der Waals surface area contributed by atoms with E-state index in [1.54, 1.807) is 18.3 Å². The molecule has 0 bridgehead atoms. The molecule has 0 atom stereocenters. The fourth-order valence-electron chi connectivity index (χ4n) is 2.46. The van der Waals surface area contributed by atoms with Crippen molar-refractivity contribution >= 4 is 34.7 Å². The van der Waals surface area contributed by atoms with E-state index in [9.17, 15) is 9.18 Å². The molecule has 0 fully saturated rings. The second-order valence-corrected chi connectivity index (χ2v) is 7.67. The maximum atomic E-state index is 14.2. The van der Waals surface area contributed by atoms with E-state index >= 15 is 0 Å². The molecule has 0 aliphatic heterocycles. The fourth-order valence-corrected chi connectivity index (χ4v) is 3.67. The number of ether oxygens (including phenoxy) is 1. The molecule has 1 aromatic carbocycles. The lowest BCUT2D eigenvalue weighted by atomic mass is 10.1. The van der Waals surface area contributed by atoms with Gasteiger partial charge in [-0.15, -0.1) is 11.3 Å². The monoisotopic (exact) mass is 432 g/mol. The summed E-state index contributed by atoms with van der Waals surface area (Å²) in [5.74, 6) is -0.396. The van der Waals surface area contributed by atoms with Crippen LogP contribution in [-0.4, -0.2) is 27.7 Å². The number of hydrogen-bond donors (Lipinski definition) is 1. The van der Waals surface area contributed by atoms with E-state index in [-0.39, 0.29) is 23.5 Å². The highest BCUT2D eigenvalue weighted by atomic mass is 35.5. The third kappa shape index (κ3) is 4.96. The van der Waals surface area contributed by atoms with Gasteiger partial charge in [0.25, 0.3) is 0 Å². The van der Waals surface area contributed by atoms with Crippen LogP contribution in [0.5, 0.6) is 0 Å². The number of anilines is 1. The van der Waals surface area contributed by atoms with Gasteiger partial charge < -0.3 is 4.74 Å². The summed E-state index contributed by atoms with van der Waals surface area (Å²) < 4.78 is 19.1. The second kappa shape index (κ2) is 9.11. The largest absolute Gasteiger partial charge is 0.445 e. The van der Waals surface area contributed by atoms with Crippen LogP contribution in [0.1, 0.15) is 24.8 Å². The Balaban J connectivity index is 2.05. The molecule has 3 aromatic rings. The minimum atomic E-state index is -0.773. The highest BCUT2D eigenvalue weighted by Crippen LogP contribution is 2.39. The molecule has 0 spiro atoms. The summed E-state index contributed by atoms with van der Waals surface area (Å²) in [4.78, 5) is 25.5. The number of amides is 1. The Morgan fingerprint density at radius 2 is 2.17 bits per heavy atom. The molecular formula is C20H18ClFN4O2S. The molecule has 0 aliphatic carbocycles.